The van der Waals surface area contributed by atoms with Gasteiger partial charge in [-0.2, -0.15) is 5.26 Å². The number of hydrogen-bond donors (Lipinski definition) is 0. The summed E-state index contributed by atoms with van der Waals surface area (Å²) in [7, 11) is 0. The van der Waals surface area contributed by atoms with Gasteiger partial charge in [0.1, 0.15) is 11.1 Å². The quantitative estimate of drug-likeness (QED) is 0.320. The summed E-state index contributed by atoms with van der Waals surface area (Å²) in [5.41, 5.74) is 3.52. The van der Waals surface area contributed by atoms with Crippen LogP contribution in [0.1, 0.15) is 10.6 Å². The van der Waals surface area contributed by atoms with Gasteiger partial charge in [0.05, 0.1) is 11.3 Å². The van der Waals surface area contributed by atoms with Crippen molar-refractivity contribution < 1.29 is 0 Å². The molecule has 23 heavy (non-hydrogen) atoms. The number of thiazole rings is 1. The molecule has 0 bridgehead atoms. The molecule has 0 atom stereocenters. The Morgan fingerprint density at radius 1 is 1.13 bits per heavy atom. The van der Waals surface area contributed by atoms with Crippen molar-refractivity contribution in [1.29, 1.82) is 5.26 Å². The van der Waals surface area contributed by atoms with Crippen molar-refractivity contribution >= 4 is 61.5 Å². The fourth-order valence-electron chi connectivity index (χ4n) is 2.02. The predicted molar refractivity (Wildman–Crippen MR) is 108 cm³/mol. The largest absolute Gasteiger partial charge is 0.235 e. The summed E-state index contributed by atoms with van der Waals surface area (Å²) in [6.45, 7) is 0. The number of halogens is 2. The number of allylic oxidation sites excluding steroid dienone is 1. The van der Waals surface area contributed by atoms with Crippen molar-refractivity contribution in [2.24, 2.45) is 0 Å². The minimum absolute atomic E-state index is 0.583. The summed E-state index contributed by atoms with van der Waals surface area (Å²) in [4.78, 5) is 4.61. The molecule has 0 aliphatic rings. The van der Waals surface area contributed by atoms with Gasteiger partial charge >= 0.3 is 0 Å². The fraction of sp³-hybridized carbons (Fsp3) is 0. The summed E-state index contributed by atoms with van der Waals surface area (Å²) < 4.78 is 2.21. The highest BCUT2D eigenvalue weighted by Gasteiger charge is 2.09. The van der Waals surface area contributed by atoms with Gasteiger partial charge in [-0.3, -0.25) is 0 Å². The monoisotopic (exact) mass is 492 g/mol. The second-order valence-corrected chi connectivity index (χ2v) is 7.79. The Hall–Kier alpha value is -1.49. The standard InChI is InChI=1S/C18H10BrIN2S/c19-15-5-3-13(4-6-15)17-11-23-18(22-17)14(10-21)9-12-1-7-16(20)8-2-12/h1-9,11H/b14-9+. The van der Waals surface area contributed by atoms with Crippen LogP contribution >= 0.6 is 49.9 Å². The first-order valence-corrected chi connectivity index (χ1v) is 9.50. The van der Waals surface area contributed by atoms with Crippen LogP contribution in [-0.2, 0) is 0 Å². The van der Waals surface area contributed by atoms with E-state index in [2.05, 4.69) is 49.6 Å². The molecule has 0 aliphatic carbocycles. The third-order valence-corrected chi connectivity index (χ3v) is 5.30. The molecule has 1 heterocycles. The molecule has 3 aromatic rings. The van der Waals surface area contributed by atoms with Crippen molar-refractivity contribution in [2.75, 3.05) is 0 Å². The summed E-state index contributed by atoms with van der Waals surface area (Å²) in [5, 5.41) is 12.2. The van der Waals surface area contributed by atoms with Gasteiger partial charge in [0.25, 0.3) is 0 Å². The lowest BCUT2D eigenvalue weighted by atomic mass is 10.1. The van der Waals surface area contributed by atoms with Crippen LogP contribution in [0.2, 0.25) is 0 Å². The van der Waals surface area contributed by atoms with Crippen LogP contribution in [0.25, 0.3) is 22.9 Å². The zero-order valence-corrected chi connectivity index (χ0v) is 16.4. The van der Waals surface area contributed by atoms with Gasteiger partial charge in [-0.05, 0) is 58.5 Å². The Balaban J connectivity index is 1.92. The van der Waals surface area contributed by atoms with E-state index in [1.54, 1.807) is 0 Å². The molecule has 2 aromatic carbocycles. The van der Waals surface area contributed by atoms with E-state index in [0.29, 0.717) is 5.57 Å². The molecule has 0 radical (unpaired) electrons. The number of rotatable bonds is 3. The van der Waals surface area contributed by atoms with Gasteiger partial charge in [-0.25, -0.2) is 4.98 Å². The molecule has 5 heteroatoms. The van der Waals surface area contributed by atoms with E-state index in [-0.39, 0.29) is 0 Å². The van der Waals surface area contributed by atoms with Crippen LogP contribution in [0.5, 0.6) is 0 Å². The fourth-order valence-corrected chi connectivity index (χ4v) is 3.44. The molecular weight excluding hydrogens is 483 g/mol. The molecule has 112 valence electrons. The Kier molecular flexibility index (Phi) is 5.26. The van der Waals surface area contributed by atoms with Gasteiger partial charge < -0.3 is 0 Å². The Labute approximate surface area is 160 Å². The van der Waals surface area contributed by atoms with Crippen LogP contribution in [0.4, 0.5) is 0 Å². The zero-order chi connectivity index (χ0) is 16.2. The van der Waals surface area contributed by atoms with Crippen molar-refractivity contribution in [2.45, 2.75) is 0 Å². The lowest BCUT2D eigenvalue weighted by Gasteiger charge is -1.97. The Bertz CT molecular complexity index is 890. The van der Waals surface area contributed by atoms with Gasteiger partial charge in [0.15, 0.2) is 0 Å². The van der Waals surface area contributed by atoms with Crippen molar-refractivity contribution in [3.8, 4) is 17.3 Å². The first-order chi connectivity index (χ1) is 11.2. The topological polar surface area (TPSA) is 36.7 Å². The van der Waals surface area contributed by atoms with Gasteiger partial charge in [0.2, 0.25) is 0 Å². The van der Waals surface area contributed by atoms with Crippen molar-refractivity contribution in [3.63, 3.8) is 0 Å². The molecule has 0 spiro atoms. The second-order valence-electron chi connectivity index (χ2n) is 4.77. The predicted octanol–water partition coefficient (Wildman–Crippen LogP) is 6.24. The lowest BCUT2D eigenvalue weighted by Crippen LogP contribution is -1.83. The Morgan fingerprint density at radius 2 is 1.83 bits per heavy atom. The maximum atomic E-state index is 9.45. The summed E-state index contributed by atoms with van der Waals surface area (Å²) in [6, 6.07) is 18.3. The van der Waals surface area contributed by atoms with E-state index in [0.717, 1.165) is 26.3 Å². The molecule has 0 fully saturated rings. The van der Waals surface area contributed by atoms with Crippen molar-refractivity contribution in [1.82, 2.24) is 4.98 Å². The SMILES string of the molecule is N#C/C(=C\c1ccc(I)cc1)c1nc(-c2ccc(Br)cc2)cs1. The smallest absolute Gasteiger partial charge is 0.134 e. The third-order valence-electron chi connectivity index (χ3n) is 3.18. The summed E-state index contributed by atoms with van der Waals surface area (Å²) in [5.74, 6) is 0. The van der Waals surface area contributed by atoms with Crippen LogP contribution < -0.4 is 0 Å². The summed E-state index contributed by atoms with van der Waals surface area (Å²) >= 11 is 7.18. The van der Waals surface area contributed by atoms with E-state index in [1.165, 1.54) is 14.9 Å². The van der Waals surface area contributed by atoms with Crippen LogP contribution in [0.15, 0.2) is 58.4 Å². The lowest BCUT2D eigenvalue weighted by molar-refractivity contribution is 1.37. The number of nitrogens with zero attached hydrogens (tertiary/aromatic N) is 2. The minimum Gasteiger partial charge on any atom is -0.235 e. The number of aromatic nitrogens is 1. The van der Waals surface area contributed by atoms with E-state index in [9.17, 15) is 5.26 Å². The molecule has 0 aliphatic heterocycles. The highest BCUT2D eigenvalue weighted by Crippen LogP contribution is 2.28. The number of hydrogen-bond acceptors (Lipinski definition) is 3. The van der Waals surface area contributed by atoms with Gasteiger partial charge in [-0.15, -0.1) is 11.3 Å². The molecule has 1 aromatic heterocycles. The zero-order valence-electron chi connectivity index (χ0n) is 11.8. The molecular formula is C18H10BrIN2S. The summed E-state index contributed by atoms with van der Waals surface area (Å²) in [6.07, 6.45) is 1.88. The maximum Gasteiger partial charge on any atom is 0.134 e. The number of benzene rings is 2. The van der Waals surface area contributed by atoms with E-state index in [1.807, 2.05) is 60.0 Å². The second kappa shape index (κ2) is 7.39. The van der Waals surface area contributed by atoms with Crippen LogP contribution in [0.3, 0.4) is 0 Å². The van der Waals surface area contributed by atoms with E-state index < -0.39 is 0 Å². The maximum absolute atomic E-state index is 9.45. The van der Waals surface area contributed by atoms with Crippen LogP contribution in [-0.4, -0.2) is 4.98 Å². The highest BCUT2D eigenvalue weighted by atomic mass is 127. The van der Waals surface area contributed by atoms with Gasteiger partial charge in [-0.1, -0.05) is 40.2 Å². The van der Waals surface area contributed by atoms with Gasteiger partial charge in [0, 0.05) is 19.0 Å². The number of nitriles is 1. The van der Waals surface area contributed by atoms with Crippen molar-refractivity contribution in [3.05, 3.63) is 72.5 Å². The molecule has 0 N–H and O–H groups in total. The average Bonchev–Trinajstić information content (AvgIpc) is 3.05. The molecule has 2 nitrogen and oxygen atoms in total. The first kappa shape index (κ1) is 16.4. The highest BCUT2D eigenvalue weighted by molar-refractivity contribution is 14.1. The van der Waals surface area contributed by atoms with E-state index in [4.69, 9.17) is 0 Å². The van der Waals surface area contributed by atoms with Crippen LogP contribution in [0, 0.1) is 14.9 Å². The van der Waals surface area contributed by atoms with E-state index >= 15 is 0 Å². The molecule has 0 unspecified atom stereocenters. The molecule has 0 amide bonds. The normalized spacial score (nSPS) is 11.3. The molecule has 3 rings (SSSR count). The third kappa shape index (κ3) is 4.08. The average molecular weight is 493 g/mol. The molecule has 0 saturated heterocycles. The molecule has 0 saturated carbocycles. The Morgan fingerprint density at radius 3 is 2.48 bits per heavy atom. The minimum atomic E-state index is 0.583. The first-order valence-electron chi connectivity index (χ1n) is 6.75.